The first-order chi connectivity index (χ1) is 8.16. The van der Waals surface area contributed by atoms with Gasteiger partial charge in [0.2, 0.25) is 0 Å². The van der Waals surface area contributed by atoms with E-state index in [4.69, 9.17) is 9.47 Å². The Morgan fingerprint density at radius 3 is 3.00 bits per heavy atom. The molecule has 3 heteroatoms. The van der Waals surface area contributed by atoms with Crippen molar-refractivity contribution < 1.29 is 14.3 Å². The highest BCUT2D eigenvalue weighted by Crippen LogP contribution is 2.42. The number of esters is 1. The first-order valence-corrected chi connectivity index (χ1v) is 6.37. The monoisotopic (exact) mass is 234 g/mol. The van der Waals surface area contributed by atoms with Crippen molar-refractivity contribution in [3.8, 4) is 0 Å². The van der Waals surface area contributed by atoms with Gasteiger partial charge in [-0.15, -0.1) is 0 Å². The van der Waals surface area contributed by atoms with Gasteiger partial charge in [0.1, 0.15) is 12.2 Å². The number of allylic oxidation sites excluding steroid dienone is 2. The molecule has 2 fully saturated rings. The van der Waals surface area contributed by atoms with E-state index in [0.29, 0.717) is 5.57 Å². The van der Waals surface area contributed by atoms with Crippen LogP contribution in [0.15, 0.2) is 23.8 Å². The average Bonchev–Trinajstić information content (AvgIpc) is 3.00. The number of carbonyl (C=O) groups excluding carboxylic acids is 1. The number of hydrogen-bond donors (Lipinski definition) is 0. The quantitative estimate of drug-likeness (QED) is 0.279. The molecule has 0 saturated carbocycles. The fourth-order valence-corrected chi connectivity index (χ4v) is 2.92. The number of ether oxygens (including phenoxy) is 2. The molecule has 1 aliphatic carbocycles. The van der Waals surface area contributed by atoms with Gasteiger partial charge in [-0.05, 0) is 32.6 Å². The van der Waals surface area contributed by atoms with Crippen molar-refractivity contribution >= 4 is 5.97 Å². The highest BCUT2D eigenvalue weighted by molar-refractivity contribution is 5.90. The molecule has 0 radical (unpaired) electrons. The molecule has 2 aliphatic heterocycles. The topological polar surface area (TPSA) is 38.8 Å². The van der Waals surface area contributed by atoms with E-state index in [-0.39, 0.29) is 30.2 Å². The summed E-state index contributed by atoms with van der Waals surface area (Å²) >= 11 is 0. The lowest BCUT2D eigenvalue weighted by Crippen LogP contribution is -2.25. The van der Waals surface area contributed by atoms with Gasteiger partial charge in [0, 0.05) is 11.5 Å². The maximum Gasteiger partial charge on any atom is 0.334 e. The van der Waals surface area contributed by atoms with Crippen molar-refractivity contribution in [3.05, 3.63) is 23.8 Å². The Hall–Kier alpha value is -1.09. The van der Waals surface area contributed by atoms with E-state index in [0.717, 1.165) is 25.7 Å². The predicted octanol–water partition coefficient (Wildman–Crippen LogP) is 2.37. The van der Waals surface area contributed by atoms with Crippen LogP contribution in [0.25, 0.3) is 0 Å². The minimum Gasteiger partial charge on any atom is -0.455 e. The zero-order chi connectivity index (χ0) is 12.0. The third kappa shape index (κ3) is 1.93. The van der Waals surface area contributed by atoms with Crippen LogP contribution < -0.4 is 0 Å². The summed E-state index contributed by atoms with van der Waals surface area (Å²) in [5.41, 5.74) is 2.03. The van der Waals surface area contributed by atoms with Gasteiger partial charge in [0.15, 0.2) is 0 Å². The molecule has 0 aromatic rings. The summed E-state index contributed by atoms with van der Waals surface area (Å²) in [4.78, 5) is 11.6. The molecule has 0 aromatic carbocycles. The highest BCUT2D eigenvalue weighted by Gasteiger charge is 2.53. The maximum atomic E-state index is 11.6. The number of carbonyl (C=O) groups is 1. The number of rotatable bonds is 0. The molecule has 3 nitrogen and oxygen atoms in total. The summed E-state index contributed by atoms with van der Waals surface area (Å²) in [6, 6.07) is 0. The van der Waals surface area contributed by atoms with Crippen LogP contribution in [-0.4, -0.2) is 24.3 Å². The number of fused-ring (bicyclic) bond motifs is 3. The second kappa shape index (κ2) is 3.98. The van der Waals surface area contributed by atoms with E-state index >= 15 is 0 Å². The fraction of sp³-hybridized carbons (Fsp3) is 0.643. The Balaban J connectivity index is 1.82. The maximum absolute atomic E-state index is 11.6. The molecular formula is C14H18O3. The minimum absolute atomic E-state index is 0.0779. The van der Waals surface area contributed by atoms with E-state index in [9.17, 15) is 4.79 Å². The molecule has 0 aromatic heterocycles. The van der Waals surface area contributed by atoms with Crippen molar-refractivity contribution in [2.45, 2.75) is 50.9 Å². The summed E-state index contributed by atoms with van der Waals surface area (Å²) < 4.78 is 11.1. The van der Waals surface area contributed by atoms with Crippen molar-refractivity contribution in [1.29, 1.82) is 0 Å². The van der Waals surface area contributed by atoms with Crippen molar-refractivity contribution in [3.63, 3.8) is 0 Å². The van der Waals surface area contributed by atoms with Crippen LogP contribution in [0.3, 0.4) is 0 Å². The first-order valence-electron chi connectivity index (χ1n) is 6.37. The fourth-order valence-electron chi connectivity index (χ4n) is 2.92. The summed E-state index contributed by atoms with van der Waals surface area (Å²) in [5, 5.41) is 0. The summed E-state index contributed by atoms with van der Waals surface area (Å²) in [6.07, 6.45) is 6.69. The molecule has 2 heterocycles. The molecule has 17 heavy (non-hydrogen) atoms. The third-order valence-corrected chi connectivity index (χ3v) is 4.09. The van der Waals surface area contributed by atoms with Gasteiger partial charge in [0.05, 0.1) is 6.10 Å². The Bertz CT molecular complexity index is 396. The van der Waals surface area contributed by atoms with Crippen molar-refractivity contribution in [2.24, 2.45) is 5.92 Å². The van der Waals surface area contributed by atoms with Crippen LogP contribution in [0.1, 0.15) is 32.6 Å². The predicted molar refractivity (Wildman–Crippen MR) is 63.4 cm³/mol. The minimum atomic E-state index is -0.227. The summed E-state index contributed by atoms with van der Waals surface area (Å²) in [5.74, 6) is -0.0749. The molecule has 0 spiro atoms. The van der Waals surface area contributed by atoms with Crippen LogP contribution in [0.2, 0.25) is 0 Å². The van der Waals surface area contributed by atoms with Crippen LogP contribution in [0.5, 0.6) is 0 Å². The van der Waals surface area contributed by atoms with Gasteiger partial charge < -0.3 is 9.47 Å². The highest BCUT2D eigenvalue weighted by atomic mass is 16.6. The molecule has 4 unspecified atom stereocenters. The zero-order valence-corrected chi connectivity index (χ0v) is 10.1. The normalized spacial score (nSPS) is 41.1. The van der Waals surface area contributed by atoms with Crippen LogP contribution >= 0.6 is 0 Å². The summed E-state index contributed by atoms with van der Waals surface area (Å²) in [7, 11) is 0. The molecule has 2 saturated heterocycles. The molecule has 0 bridgehead atoms. The zero-order valence-electron chi connectivity index (χ0n) is 10.1. The lowest BCUT2D eigenvalue weighted by molar-refractivity contribution is -0.140. The van der Waals surface area contributed by atoms with Gasteiger partial charge in [-0.1, -0.05) is 18.2 Å². The molecule has 3 rings (SSSR count). The SMILES string of the molecule is C=C1C(=O)OC2C1CCC(C)=CCCC1OC12. The number of hydrogen-bond acceptors (Lipinski definition) is 3. The Labute approximate surface area is 101 Å². The van der Waals surface area contributed by atoms with Gasteiger partial charge in [-0.25, -0.2) is 4.79 Å². The summed E-state index contributed by atoms with van der Waals surface area (Å²) in [6.45, 7) is 6.03. The van der Waals surface area contributed by atoms with E-state index in [2.05, 4.69) is 19.6 Å². The lowest BCUT2D eigenvalue weighted by Gasteiger charge is -2.17. The molecule has 0 N–H and O–H groups in total. The number of epoxide rings is 1. The van der Waals surface area contributed by atoms with E-state index < -0.39 is 0 Å². The largest absolute Gasteiger partial charge is 0.455 e. The van der Waals surface area contributed by atoms with Crippen molar-refractivity contribution in [2.75, 3.05) is 0 Å². The van der Waals surface area contributed by atoms with Crippen molar-refractivity contribution in [1.82, 2.24) is 0 Å². The Morgan fingerprint density at radius 2 is 2.18 bits per heavy atom. The van der Waals surface area contributed by atoms with Gasteiger partial charge in [-0.3, -0.25) is 0 Å². The second-order valence-corrected chi connectivity index (χ2v) is 5.31. The third-order valence-electron chi connectivity index (χ3n) is 4.09. The average molecular weight is 234 g/mol. The molecule has 4 atom stereocenters. The van der Waals surface area contributed by atoms with E-state index in [1.807, 2.05) is 0 Å². The standard InChI is InChI=1S/C14H18O3/c1-8-4-3-5-11-13(16-11)12-10(7-6-8)9(2)14(15)17-12/h4,10-13H,2-3,5-7H2,1H3. The van der Waals surface area contributed by atoms with Crippen LogP contribution in [-0.2, 0) is 14.3 Å². The van der Waals surface area contributed by atoms with Gasteiger partial charge in [-0.2, -0.15) is 0 Å². The second-order valence-electron chi connectivity index (χ2n) is 5.31. The molecular weight excluding hydrogens is 216 g/mol. The molecule has 92 valence electrons. The van der Waals surface area contributed by atoms with E-state index in [1.165, 1.54) is 5.57 Å². The molecule has 0 amide bonds. The van der Waals surface area contributed by atoms with E-state index in [1.54, 1.807) is 0 Å². The lowest BCUT2D eigenvalue weighted by atomic mass is 9.87. The Kier molecular flexibility index (Phi) is 2.58. The Morgan fingerprint density at radius 1 is 1.35 bits per heavy atom. The van der Waals surface area contributed by atoms with Gasteiger partial charge >= 0.3 is 5.97 Å². The van der Waals surface area contributed by atoms with Crippen LogP contribution in [0, 0.1) is 5.92 Å². The first kappa shape index (κ1) is 11.0. The molecule has 3 aliphatic rings. The van der Waals surface area contributed by atoms with Gasteiger partial charge in [0.25, 0.3) is 0 Å². The smallest absolute Gasteiger partial charge is 0.334 e. The van der Waals surface area contributed by atoms with Crippen LogP contribution in [0.4, 0.5) is 0 Å².